The van der Waals surface area contributed by atoms with Crippen LogP contribution in [0.4, 0.5) is 0 Å². The van der Waals surface area contributed by atoms with Crippen LogP contribution in [0.15, 0.2) is 46.2 Å². The zero-order valence-electron chi connectivity index (χ0n) is 46.0. The molecule has 8 N–H and O–H groups in total. The quantitative estimate of drug-likeness (QED) is 0.0229. The second kappa shape index (κ2) is 30.7. The minimum Gasteiger partial charge on any atom is -0.480 e. The maximum atomic E-state index is 14.7. The number of unbranched alkanes of at least 4 members (excludes halogenated alkanes) is 3. The standard InChI is InChI=1S/C52H81N5O22/c1-9-10-11-12-13-14-15-16-17-18-19-29(74-33(59)22-27(2)23-34(60)77-51-46(72-8)45(71-7)42(70-6)28(3)73-51)24-35(61)75-31-26-55(4)37(47(66)56(5)36(31)49(67)68)43(79-50-41(65)38(62)30(25-53)76-50)44-39(63)40(64)48(78-44)57-21-20-32(58)54-52(57)69/h13-14,16-17,20-21,27-31,36-46,48,50-51,62-65H,9-12,15,18-19,22-26,53H2,1-8H3,(H,67,68)(H,54,58,69)/b14-13-,17-16-/t27-,28-,29-,30+,31-,36-,37-,38+,39-,40+,41+,42-,43?,44-,45+,46+,48+,50-,51-/m0/s1. The van der Waals surface area contributed by atoms with Gasteiger partial charge in [0.2, 0.25) is 12.2 Å². The second-order valence-electron chi connectivity index (χ2n) is 20.4. The number of carbonyl (C=O) groups excluding carboxylic acids is 4. The molecule has 79 heavy (non-hydrogen) atoms. The van der Waals surface area contributed by atoms with Crippen molar-refractivity contribution >= 4 is 29.8 Å². The van der Waals surface area contributed by atoms with Crippen molar-refractivity contribution < 1.29 is 96.9 Å². The number of hydrogen-bond acceptors (Lipinski definition) is 23. The number of carboxylic acid groups (broad SMARTS) is 1. The van der Waals surface area contributed by atoms with Crippen LogP contribution in [0.2, 0.25) is 0 Å². The molecule has 446 valence electrons. The largest absolute Gasteiger partial charge is 0.480 e. The van der Waals surface area contributed by atoms with Crippen LogP contribution < -0.4 is 17.0 Å². The van der Waals surface area contributed by atoms with Crippen molar-refractivity contribution in [2.75, 3.05) is 48.5 Å². The number of ether oxygens (including phenoxy) is 10. The lowest BCUT2D eigenvalue weighted by molar-refractivity contribution is -0.297. The molecule has 1 aromatic rings. The zero-order valence-corrected chi connectivity index (χ0v) is 46.0. The predicted molar refractivity (Wildman–Crippen MR) is 274 cm³/mol. The molecule has 19 atom stereocenters. The van der Waals surface area contributed by atoms with E-state index in [2.05, 4.69) is 13.0 Å². The Balaban J connectivity index is 1.34. The van der Waals surface area contributed by atoms with Crippen LogP contribution >= 0.6 is 0 Å². The summed E-state index contributed by atoms with van der Waals surface area (Å²) in [6.07, 6.45) is -8.71. The average molecular weight is 1130 g/mol. The van der Waals surface area contributed by atoms with E-state index >= 15 is 0 Å². The number of esters is 3. The van der Waals surface area contributed by atoms with Crippen molar-refractivity contribution in [1.82, 2.24) is 19.4 Å². The van der Waals surface area contributed by atoms with Gasteiger partial charge in [0.15, 0.2) is 18.6 Å². The molecule has 0 aliphatic carbocycles. The molecule has 0 bridgehead atoms. The monoisotopic (exact) mass is 1130 g/mol. The van der Waals surface area contributed by atoms with Gasteiger partial charge >= 0.3 is 29.6 Å². The van der Waals surface area contributed by atoms with E-state index in [1.165, 1.54) is 33.3 Å². The lowest BCUT2D eigenvalue weighted by atomic mass is 9.97. The number of nitrogens with two attached hydrogens (primary N) is 1. The lowest BCUT2D eigenvalue weighted by Gasteiger charge is -2.43. The van der Waals surface area contributed by atoms with Crippen molar-refractivity contribution in [2.24, 2.45) is 11.7 Å². The first-order valence-corrected chi connectivity index (χ1v) is 26.6. The number of nitrogens with one attached hydrogen (secondary N) is 1. The average Bonchev–Trinajstić information content (AvgIpc) is 3.93. The van der Waals surface area contributed by atoms with Gasteiger partial charge in [0, 0.05) is 66.6 Å². The fourth-order valence-electron chi connectivity index (χ4n) is 10.3. The summed E-state index contributed by atoms with van der Waals surface area (Å²) in [6, 6.07) is -2.64. The molecule has 5 heterocycles. The molecule has 1 amide bonds. The van der Waals surface area contributed by atoms with Crippen LogP contribution in [0.25, 0.3) is 0 Å². The number of amides is 1. The SMILES string of the molecule is CCCCC/C=C\C/C=C\CC[C@@H](CC(=O)O[C@H]1CN(C)[C@@H](C(O[C@@H]2O[C@H](CN)[C@@H](O)[C@H]2O)[C@H]2O[C@@H](n3ccc(=O)[nH]c3=O)[C@H](O)[C@@H]2O)C(=O)N(C)[C@@H]1C(=O)O)OC(=O)C[C@H](C)CC(=O)O[C@@H]1O[C@@H](C)[C@H](OC)[C@@H](OC)[C@H]1OC. The van der Waals surface area contributed by atoms with E-state index < -0.39 is 170 Å². The number of hydrogen-bond donors (Lipinski definition) is 7. The Labute approximate surface area is 457 Å². The molecule has 1 unspecified atom stereocenters. The summed E-state index contributed by atoms with van der Waals surface area (Å²) in [5.41, 5.74) is 3.93. The second-order valence-corrected chi connectivity index (χ2v) is 20.4. The molecule has 0 saturated carbocycles. The van der Waals surface area contributed by atoms with Crippen LogP contribution in [-0.2, 0) is 71.3 Å². The number of rotatable bonds is 28. The number of H-pyrrole nitrogens is 1. The summed E-state index contributed by atoms with van der Waals surface area (Å²) in [4.78, 5) is 97.4. The topological polar surface area (TPSA) is 366 Å². The van der Waals surface area contributed by atoms with E-state index in [1.807, 2.05) is 23.2 Å². The molecular weight excluding hydrogens is 1050 g/mol. The van der Waals surface area contributed by atoms with E-state index in [1.54, 1.807) is 13.8 Å². The first kappa shape index (κ1) is 64.8. The number of aliphatic carboxylic acids is 1. The highest BCUT2D eigenvalue weighted by Gasteiger charge is 2.57. The third-order valence-electron chi connectivity index (χ3n) is 14.5. The Morgan fingerprint density at radius 2 is 1.47 bits per heavy atom. The summed E-state index contributed by atoms with van der Waals surface area (Å²) in [5, 5.41) is 55.1. The van der Waals surface area contributed by atoms with Gasteiger partial charge in [-0.15, -0.1) is 0 Å². The van der Waals surface area contributed by atoms with Crippen molar-refractivity contribution in [3.63, 3.8) is 0 Å². The van der Waals surface area contributed by atoms with Gasteiger partial charge in [-0.3, -0.25) is 38.4 Å². The number of aromatic nitrogens is 2. The van der Waals surface area contributed by atoms with Gasteiger partial charge in [0.25, 0.3) is 5.56 Å². The van der Waals surface area contributed by atoms with Gasteiger partial charge in [-0.05, 0) is 52.0 Å². The molecule has 0 radical (unpaired) electrons. The molecule has 0 aromatic carbocycles. The summed E-state index contributed by atoms with van der Waals surface area (Å²) in [5.74, 6) is -5.70. The number of nitrogens with zero attached hydrogens (tertiary/aromatic N) is 3. The normalized spacial score (nSPS) is 32.7. The minimum atomic E-state index is -1.97. The van der Waals surface area contributed by atoms with E-state index in [0.717, 1.165) is 54.5 Å². The summed E-state index contributed by atoms with van der Waals surface area (Å²) in [6.45, 7) is 4.68. The number of aliphatic hydroxyl groups excluding tert-OH is 4. The number of likely N-dealkylation sites (N-methyl/N-ethyl adjacent to an activating group) is 2. The van der Waals surface area contributed by atoms with E-state index in [4.69, 9.17) is 53.1 Å². The highest BCUT2D eigenvalue weighted by Crippen LogP contribution is 2.37. The number of aromatic amines is 1. The zero-order chi connectivity index (χ0) is 58.2. The van der Waals surface area contributed by atoms with Gasteiger partial charge in [-0.1, -0.05) is 51.0 Å². The highest BCUT2D eigenvalue weighted by molar-refractivity contribution is 5.88. The fraction of sp³-hybridized carbons (Fsp3) is 0.750. The van der Waals surface area contributed by atoms with E-state index in [9.17, 15) is 59.1 Å². The van der Waals surface area contributed by atoms with E-state index in [0.29, 0.717) is 12.8 Å². The summed E-state index contributed by atoms with van der Waals surface area (Å²) >= 11 is 0. The maximum absolute atomic E-state index is 14.7. The molecule has 1 aromatic heterocycles. The predicted octanol–water partition coefficient (Wildman–Crippen LogP) is -1.00. The van der Waals surface area contributed by atoms with Gasteiger partial charge in [0.1, 0.15) is 79.3 Å². The number of allylic oxidation sites excluding steroid dienone is 4. The number of carboxylic acids is 1. The molecule has 27 heteroatoms. The summed E-state index contributed by atoms with van der Waals surface area (Å²) in [7, 11) is 6.83. The maximum Gasteiger partial charge on any atom is 0.330 e. The molecule has 5 rings (SSSR count). The smallest absolute Gasteiger partial charge is 0.330 e. The fourth-order valence-corrected chi connectivity index (χ4v) is 10.3. The molecule has 4 aliphatic heterocycles. The Kier molecular flexibility index (Phi) is 25.2. The van der Waals surface area contributed by atoms with Crippen molar-refractivity contribution in [3.8, 4) is 0 Å². The van der Waals surface area contributed by atoms with Crippen molar-refractivity contribution in [2.45, 2.75) is 195 Å². The van der Waals surface area contributed by atoms with Crippen molar-refractivity contribution in [1.29, 1.82) is 0 Å². The Bertz CT molecular complexity index is 2330. The van der Waals surface area contributed by atoms with Gasteiger partial charge in [-0.2, -0.15) is 0 Å². The molecule has 0 spiro atoms. The van der Waals surface area contributed by atoms with Gasteiger partial charge in [-0.25, -0.2) is 9.59 Å². The lowest BCUT2D eigenvalue weighted by Crippen LogP contribution is -2.59. The van der Waals surface area contributed by atoms with Crippen LogP contribution in [0.5, 0.6) is 0 Å². The Hall–Kier alpha value is -5.01. The highest BCUT2D eigenvalue weighted by atomic mass is 16.7. The third kappa shape index (κ3) is 16.8. The molecule has 4 fully saturated rings. The van der Waals surface area contributed by atoms with E-state index in [-0.39, 0.29) is 25.8 Å². The number of methoxy groups -OCH3 is 3. The van der Waals surface area contributed by atoms with Gasteiger partial charge < -0.3 is 83.5 Å². The van der Waals surface area contributed by atoms with Crippen LogP contribution in [0.1, 0.15) is 91.2 Å². The first-order valence-electron chi connectivity index (χ1n) is 26.6. The molecule has 4 aliphatic rings. The van der Waals surface area contributed by atoms with Gasteiger partial charge in [0.05, 0.1) is 12.5 Å². The van der Waals surface area contributed by atoms with Crippen molar-refractivity contribution in [3.05, 3.63) is 57.4 Å². The number of aliphatic hydroxyl groups is 4. The Morgan fingerprint density at radius 3 is 2.09 bits per heavy atom. The first-order chi connectivity index (χ1) is 37.6. The third-order valence-corrected chi connectivity index (χ3v) is 14.5. The molecule has 27 nitrogen and oxygen atoms in total. The van der Waals surface area contributed by atoms with Crippen LogP contribution in [0, 0.1) is 5.92 Å². The number of carbonyl (C=O) groups is 5. The molecule has 4 saturated heterocycles. The summed E-state index contributed by atoms with van der Waals surface area (Å²) < 4.78 is 58.6. The van der Waals surface area contributed by atoms with Crippen LogP contribution in [-0.4, -0.2) is 227 Å². The molecular formula is C52H81N5O22. The Morgan fingerprint density at radius 1 is 0.810 bits per heavy atom. The minimum absolute atomic E-state index is 0.121. The van der Waals surface area contributed by atoms with Crippen LogP contribution in [0.3, 0.4) is 0 Å².